The van der Waals surface area contributed by atoms with E-state index in [-0.39, 0.29) is 36.6 Å². The zero-order chi connectivity index (χ0) is 24.0. The Hall–Kier alpha value is -1.56. The standard InChI is InChI=1S/C22H37N4O5P/c1-8-16-19(17-13-25(7)22(28)24-21(17)27)30-18(9-2)20(16)31-32(29-12-10-11-23)26(14(3)4)15(5)6/h13-16,18-20H,8-10,12H2,1-7H3,(H,24,27,28). The predicted octanol–water partition coefficient (Wildman–Crippen LogP) is 3.61. The van der Waals surface area contributed by atoms with Crippen molar-refractivity contribution in [2.75, 3.05) is 6.61 Å². The zero-order valence-electron chi connectivity index (χ0n) is 20.2. The van der Waals surface area contributed by atoms with Crippen LogP contribution in [-0.2, 0) is 20.8 Å². The van der Waals surface area contributed by atoms with Gasteiger partial charge in [0.05, 0.1) is 43.0 Å². The number of nitriles is 1. The van der Waals surface area contributed by atoms with Gasteiger partial charge in [0, 0.05) is 31.2 Å². The van der Waals surface area contributed by atoms with Gasteiger partial charge in [0.25, 0.3) is 14.1 Å². The van der Waals surface area contributed by atoms with Gasteiger partial charge >= 0.3 is 5.69 Å². The van der Waals surface area contributed by atoms with E-state index in [0.717, 1.165) is 6.42 Å². The minimum atomic E-state index is -1.44. The van der Waals surface area contributed by atoms with Gasteiger partial charge in [-0.15, -0.1) is 0 Å². The Balaban J connectivity index is 2.39. The lowest BCUT2D eigenvalue weighted by Crippen LogP contribution is -2.37. The van der Waals surface area contributed by atoms with E-state index in [9.17, 15) is 9.59 Å². The molecular weight excluding hydrogens is 431 g/mol. The molecule has 10 heteroatoms. The summed E-state index contributed by atoms with van der Waals surface area (Å²) in [6.45, 7) is 12.8. The highest BCUT2D eigenvalue weighted by molar-refractivity contribution is 7.44. The van der Waals surface area contributed by atoms with Gasteiger partial charge in [-0.3, -0.25) is 9.78 Å². The first-order valence-electron chi connectivity index (χ1n) is 11.4. The van der Waals surface area contributed by atoms with Crippen LogP contribution in [0.15, 0.2) is 15.8 Å². The van der Waals surface area contributed by atoms with Crippen molar-refractivity contribution in [3.05, 3.63) is 32.6 Å². The fraction of sp³-hybridized carbons (Fsp3) is 0.773. The SMILES string of the molecule is CCC1OC(c2cn(C)c(=O)[nH]c2=O)C(CC)C1OP(OCCC#N)N(C(C)C)C(C)C. The molecule has 1 aromatic rings. The summed E-state index contributed by atoms with van der Waals surface area (Å²) in [6, 6.07) is 2.50. The lowest BCUT2D eigenvalue weighted by Gasteiger charge is -2.38. The molecule has 1 aliphatic heterocycles. The van der Waals surface area contributed by atoms with Crippen LogP contribution in [-0.4, -0.2) is 45.1 Å². The third-order valence-corrected chi connectivity index (χ3v) is 7.82. The molecule has 0 radical (unpaired) electrons. The van der Waals surface area contributed by atoms with Crippen LogP contribution in [0.1, 0.15) is 72.5 Å². The molecule has 1 aliphatic rings. The number of nitrogens with zero attached hydrogens (tertiary/aromatic N) is 3. The topological polar surface area (TPSA) is 110 Å². The molecule has 0 bridgehead atoms. The highest BCUT2D eigenvalue weighted by atomic mass is 31.2. The summed E-state index contributed by atoms with van der Waals surface area (Å²) in [6.07, 6.45) is 2.33. The van der Waals surface area contributed by atoms with Crippen LogP contribution >= 0.6 is 8.53 Å². The van der Waals surface area contributed by atoms with E-state index in [2.05, 4.69) is 43.4 Å². The number of hydrogen-bond acceptors (Lipinski definition) is 7. The van der Waals surface area contributed by atoms with Crippen molar-refractivity contribution in [2.24, 2.45) is 13.0 Å². The first-order chi connectivity index (χ1) is 15.2. The smallest absolute Gasteiger partial charge is 0.328 e. The molecule has 32 heavy (non-hydrogen) atoms. The second-order valence-electron chi connectivity index (χ2n) is 8.65. The van der Waals surface area contributed by atoms with Crippen LogP contribution < -0.4 is 11.2 Å². The Kier molecular flexibility index (Phi) is 10.1. The Morgan fingerprint density at radius 3 is 2.44 bits per heavy atom. The van der Waals surface area contributed by atoms with Crippen LogP contribution in [0.25, 0.3) is 0 Å². The highest BCUT2D eigenvalue weighted by Gasteiger charge is 2.47. The van der Waals surface area contributed by atoms with Crippen molar-refractivity contribution in [2.45, 2.75) is 91.2 Å². The minimum absolute atomic E-state index is 0.0794. The summed E-state index contributed by atoms with van der Waals surface area (Å²) in [7, 11) is 0.169. The van der Waals surface area contributed by atoms with Crippen molar-refractivity contribution in [3.63, 3.8) is 0 Å². The average molecular weight is 469 g/mol. The fourth-order valence-electron chi connectivity index (χ4n) is 4.22. The normalized spacial score (nSPS) is 24.4. The maximum Gasteiger partial charge on any atom is 0.328 e. The number of aryl methyl sites for hydroxylation is 1. The van der Waals surface area contributed by atoms with Crippen molar-refractivity contribution in [1.82, 2.24) is 14.2 Å². The van der Waals surface area contributed by atoms with Gasteiger partial charge in [0.1, 0.15) is 0 Å². The van der Waals surface area contributed by atoms with Crippen molar-refractivity contribution < 1.29 is 13.8 Å². The van der Waals surface area contributed by atoms with E-state index in [4.69, 9.17) is 19.0 Å². The van der Waals surface area contributed by atoms with Gasteiger partial charge in [-0.2, -0.15) is 5.26 Å². The van der Waals surface area contributed by atoms with E-state index in [1.807, 2.05) is 13.8 Å². The van der Waals surface area contributed by atoms with Gasteiger partial charge in [-0.05, 0) is 40.5 Å². The Morgan fingerprint density at radius 2 is 1.91 bits per heavy atom. The predicted molar refractivity (Wildman–Crippen MR) is 124 cm³/mol. The van der Waals surface area contributed by atoms with E-state index in [1.165, 1.54) is 4.57 Å². The number of rotatable bonds is 11. The van der Waals surface area contributed by atoms with Crippen LogP contribution in [0.3, 0.4) is 0 Å². The Bertz CT molecular complexity index is 886. The molecule has 5 unspecified atom stereocenters. The maximum absolute atomic E-state index is 12.6. The summed E-state index contributed by atoms with van der Waals surface area (Å²) in [5.74, 6) is -0.0794. The van der Waals surface area contributed by atoms with Crippen LogP contribution in [0.4, 0.5) is 0 Å². The molecule has 1 saturated heterocycles. The molecule has 0 spiro atoms. The molecule has 5 atom stereocenters. The maximum atomic E-state index is 12.6. The van der Waals surface area contributed by atoms with E-state index >= 15 is 0 Å². The molecule has 0 amide bonds. The van der Waals surface area contributed by atoms with Gasteiger partial charge in [-0.1, -0.05) is 13.8 Å². The summed E-state index contributed by atoms with van der Waals surface area (Å²) >= 11 is 0. The third-order valence-electron chi connectivity index (χ3n) is 5.69. The van der Waals surface area contributed by atoms with E-state index < -0.39 is 25.9 Å². The molecule has 1 N–H and O–H groups in total. The van der Waals surface area contributed by atoms with Crippen molar-refractivity contribution in [3.8, 4) is 6.07 Å². The number of H-pyrrole nitrogens is 1. The van der Waals surface area contributed by atoms with Gasteiger partial charge < -0.3 is 18.4 Å². The largest absolute Gasteiger partial charge is 0.367 e. The molecular formula is C22H37N4O5P. The Morgan fingerprint density at radius 1 is 1.25 bits per heavy atom. The molecule has 0 aliphatic carbocycles. The number of aromatic amines is 1. The number of hydrogen-bond donors (Lipinski definition) is 1. The van der Waals surface area contributed by atoms with Crippen molar-refractivity contribution in [1.29, 1.82) is 5.26 Å². The fourth-order valence-corrected chi connectivity index (χ4v) is 6.03. The molecule has 0 saturated carbocycles. The summed E-state index contributed by atoms with van der Waals surface area (Å²) in [5, 5.41) is 8.96. The monoisotopic (exact) mass is 468 g/mol. The molecule has 2 heterocycles. The van der Waals surface area contributed by atoms with Gasteiger partial charge in [-0.25, -0.2) is 9.46 Å². The summed E-state index contributed by atoms with van der Waals surface area (Å²) in [4.78, 5) is 26.8. The quantitative estimate of drug-likeness (QED) is 0.390. The first kappa shape index (κ1) is 26.7. The number of nitrogens with one attached hydrogen (secondary N) is 1. The lowest BCUT2D eigenvalue weighted by molar-refractivity contribution is 0.00852. The lowest BCUT2D eigenvalue weighted by atomic mass is 9.90. The van der Waals surface area contributed by atoms with E-state index in [1.54, 1.807) is 13.2 Å². The third kappa shape index (κ3) is 6.06. The average Bonchev–Trinajstić information content (AvgIpc) is 3.07. The first-order valence-corrected chi connectivity index (χ1v) is 12.5. The van der Waals surface area contributed by atoms with Crippen LogP contribution in [0, 0.1) is 17.2 Å². The molecule has 2 rings (SSSR count). The Labute approximate surface area is 191 Å². The highest BCUT2D eigenvalue weighted by Crippen LogP contribution is 2.52. The van der Waals surface area contributed by atoms with Gasteiger partial charge in [0.15, 0.2) is 0 Å². The second kappa shape index (κ2) is 12.1. The second-order valence-corrected chi connectivity index (χ2v) is 10.1. The molecule has 0 aromatic carbocycles. The summed E-state index contributed by atoms with van der Waals surface area (Å²) in [5.41, 5.74) is -0.447. The molecule has 9 nitrogen and oxygen atoms in total. The minimum Gasteiger partial charge on any atom is -0.367 e. The van der Waals surface area contributed by atoms with Crippen LogP contribution in [0.2, 0.25) is 0 Å². The zero-order valence-corrected chi connectivity index (χ0v) is 21.1. The van der Waals surface area contributed by atoms with E-state index in [0.29, 0.717) is 18.6 Å². The molecule has 1 aromatic heterocycles. The molecule has 1 fully saturated rings. The van der Waals surface area contributed by atoms with Crippen molar-refractivity contribution >= 4 is 8.53 Å². The number of aromatic nitrogens is 2. The van der Waals surface area contributed by atoms with Gasteiger partial charge in [0.2, 0.25) is 0 Å². The molecule has 180 valence electrons. The number of ether oxygens (including phenoxy) is 1. The summed E-state index contributed by atoms with van der Waals surface area (Å²) < 4.78 is 22.6. The van der Waals surface area contributed by atoms with Crippen LogP contribution in [0.5, 0.6) is 0 Å².